The van der Waals surface area contributed by atoms with Crippen molar-refractivity contribution in [2.24, 2.45) is 0 Å². The molecule has 1 atom stereocenters. The highest BCUT2D eigenvalue weighted by molar-refractivity contribution is 14.1. The van der Waals surface area contributed by atoms with Crippen molar-refractivity contribution in [1.82, 2.24) is 10.2 Å². The summed E-state index contributed by atoms with van der Waals surface area (Å²) in [4.78, 5) is 25.7. The number of hydrogen-bond donors (Lipinski definition) is 3. The predicted molar refractivity (Wildman–Crippen MR) is 91.1 cm³/mol. The second-order valence-electron chi connectivity index (χ2n) is 5.19. The number of amides is 2. The monoisotopic (exact) mass is 427 g/mol. The molecule has 1 aliphatic rings. The normalized spacial score (nSPS) is 16.8. The maximum Gasteiger partial charge on any atom is 0.475 e. The Kier molecular flexibility index (Phi) is 5.98. The van der Waals surface area contributed by atoms with Crippen molar-refractivity contribution >= 4 is 41.5 Å². The van der Waals surface area contributed by atoms with E-state index in [1.165, 1.54) is 4.90 Å². The number of rotatable bonds is 4. The van der Waals surface area contributed by atoms with Crippen molar-refractivity contribution in [3.8, 4) is 6.07 Å². The number of halogens is 1. The Morgan fingerprint density at radius 3 is 2.87 bits per heavy atom. The van der Waals surface area contributed by atoms with Crippen molar-refractivity contribution in [2.75, 3.05) is 13.1 Å². The van der Waals surface area contributed by atoms with Crippen LogP contribution in [-0.2, 0) is 4.79 Å². The van der Waals surface area contributed by atoms with Gasteiger partial charge in [-0.25, -0.2) is 0 Å². The maximum absolute atomic E-state index is 12.2. The summed E-state index contributed by atoms with van der Waals surface area (Å²) in [5.41, 5.74) is 0.451. The number of nitrogens with one attached hydrogen (secondary N) is 1. The highest BCUT2D eigenvalue weighted by atomic mass is 127. The first-order valence-electron chi connectivity index (χ1n) is 7.07. The highest BCUT2D eigenvalue weighted by Gasteiger charge is 2.36. The molecule has 0 aromatic heterocycles. The zero-order valence-electron chi connectivity index (χ0n) is 12.2. The van der Waals surface area contributed by atoms with Crippen molar-refractivity contribution in [3.63, 3.8) is 0 Å². The lowest BCUT2D eigenvalue weighted by Crippen LogP contribution is -2.49. The minimum atomic E-state index is -1.59. The smallest absolute Gasteiger partial charge is 0.426 e. The Bertz CT molecular complexity index is 662. The summed E-state index contributed by atoms with van der Waals surface area (Å²) in [7, 11) is -1.59. The molecule has 1 aliphatic heterocycles. The molecule has 120 valence electrons. The second kappa shape index (κ2) is 7.76. The lowest BCUT2D eigenvalue weighted by atomic mass is 9.78. The third-order valence-corrected chi connectivity index (χ3v) is 4.38. The number of nitrogens with zero attached hydrogens (tertiary/aromatic N) is 2. The molecule has 1 fully saturated rings. The topological polar surface area (TPSA) is 114 Å². The Labute approximate surface area is 147 Å². The van der Waals surface area contributed by atoms with Crippen LogP contribution in [0, 0.1) is 14.9 Å². The third-order valence-electron chi connectivity index (χ3n) is 3.71. The molecular weight excluding hydrogens is 412 g/mol. The number of carbonyl (C=O) groups is 2. The van der Waals surface area contributed by atoms with Crippen LogP contribution in [0.1, 0.15) is 28.8 Å². The van der Waals surface area contributed by atoms with Crippen molar-refractivity contribution < 1.29 is 19.6 Å². The molecule has 1 heterocycles. The van der Waals surface area contributed by atoms with Crippen LogP contribution in [0.2, 0.25) is 0 Å². The molecule has 2 amide bonds. The third kappa shape index (κ3) is 4.22. The molecule has 2 rings (SSSR count). The van der Waals surface area contributed by atoms with E-state index in [0.29, 0.717) is 19.4 Å². The summed E-state index contributed by atoms with van der Waals surface area (Å²) in [6.07, 6.45) is 1.21. The van der Waals surface area contributed by atoms with Crippen LogP contribution < -0.4 is 5.32 Å². The first-order chi connectivity index (χ1) is 10.9. The van der Waals surface area contributed by atoms with Crippen LogP contribution in [0.5, 0.6) is 0 Å². The van der Waals surface area contributed by atoms with Gasteiger partial charge in [0, 0.05) is 10.1 Å². The SMILES string of the molecule is N#Cc1ccc(I)cc1C(=O)NCC(=O)N1CCCC1B(O)O. The fourth-order valence-electron chi connectivity index (χ4n) is 2.57. The van der Waals surface area contributed by atoms with Gasteiger partial charge >= 0.3 is 7.12 Å². The van der Waals surface area contributed by atoms with Gasteiger partial charge in [-0.1, -0.05) is 0 Å². The first-order valence-corrected chi connectivity index (χ1v) is 8.15. The minimum absolute atomic E-state index is 0.215. The van der Waals surface area contributed by atoms with E-state index in [1.54, 1.807) is 18.2 Å². The average Bonchev–Trinajstić information content (AvgIpc) is 3.02. The van der Waals surface area contributed by atoms with Gasteiger partial charge in [-0.3, -0.25) is 9.59 Å². The molecule has 7 nitrogen and oxygen atoms in total. The molecule has 0 saturated carbocycles. The molecule has 0 spiro atoms. The van der Waals surface area contributed by atoms with Crippen LogP contribution >= 0.6 is 22.6 Å². The van der Waals surface area contributed by atoms with Gasteiger partial charge in [0.05, 0.1) is 29.7 Å². The predicted octanol–water partition coefficient (Wildman–Crippen LogP) is -0.104. The van der Waals surface area contributed by atoms with Gasteiger partial charge in [0.15, 0.2) is 0 Å². The quantitative estimate of drug-likeness (QED) is 0.459. The Morgan fingerprint density at radius 1 is 1.48 bits per heavy atom. The lowest BCUT2D eigenvalue weighted by molar-refractivity contribution is -0.130. The van der Waals surface area contributed by atoms with Crippen molar-refractivity contribution in [3.05, 3.63) is 32.9 Å². The van der Waals surface area contributed by atoms with Gasteiger partial charge in [-0.2, -0.15) is 5.26 Å². The van der Waals surface area contributed by atoms with E-state index in [-0.39, 0.29) is 23.6 Å². The summed E-state index contributed by atoms with van der Waals surface area (Å²) in [6, 6.07) is 6.79. The van der Waals surface area contributed by atoms with E-state index in [0.717, 1.165) is 3.57 Å². The van der Waals surface area contributed by atoms with E-state index in [9.17, 15) is 19.6 Å². The van der Waals surface area contributed by atoms with E-state index >= 15 is 0 Å². The molecule has 3 N–H and O–H groups in total. The van der Waals surface area contributed by atoms with E-state index in [2.05, 4.69) is 5.32 Å². The standard InChI is InChI=1S/C14H15BIN3O4/c16-10-4-3-9(7-17)11(6-10)14(21)18-8-13(20)19-5-1-2-12(19)15(22)23/h3-4,6,12,22-23H,1-2,5,8H2,(H,18,21). The van der Waals surface area contributed by atoms with Crippen LogP contribution in [0.15, 0.2) is 18.2 Å². The number of carbonyl (C=O) groups excluding carboxylic acids is 2. The molecular formula is C14H15BIN3O4. The number of nitriles is 1. The molecule has 0 radical (unpaired) electrons. The average molecular weight is 427 g/mol. The number of likely N-dealkylation sites (tertiary alicyclic amines) is 1. The maximum atomic E-state index is 12.2. The van der Waals surface area contributed by atoms with Gasteiger partial charge < -0.3 is 20.3 Å². The summed E-state index contributed by atoms with van der Waals surface area (Å²) in [6.45, 7) is 0.183. The molecule has 1 aromatic carbocycles. The summed E-state index contributed by atoms with van der Waals surface area (Å²) in [5.74, 6) is -1.52. The van der Waals surface area contributed by atoms with E-state index in [1.807, 2.05) is 28.7 Å². The minimum Gasteiger partial charge on any atom is -0.426 e. The molecule has 1 aromatic rings. The lowest BCUT2D eigenvalue weighted by Gasteiger charge is -2.24. The largest absolute Gasteiger partial charge is 0.475 e. The molecule has 9 heteroatoms. The Hall–Kier alpha value is -1.64. The van der Waals surface area contributed by atoms with E-state index < -0.39 is 19.0 Å². The van der Waals surface area contributed by atoms with Crippen molar-refractivity contribution in [2.45, 2.75) is 18.8 Å². The summed E-state index contributed by atoms with van der Waals surface area (Å²) >= 11 is 2.03. The van der Waals surface area contributed by atoms with Gasteiger partial charge in [0.1, 0.15) is 0 Å². The Balaban J connectivity index is 2.01. The van der Waals surface area contributed by atoms with Crippen LogP contribution in [0.3, 0.4) is 0 Å². The fourth-order valence-corrected chi connectivity index (χ4v) is 3.06. The van der Waals surface area contributed by atoms with Gasteiger partial charge in [0.2, 0.25) is 5.91 Å². The molecule has 0 aliphatic carbocycles. The molecule has 23 heavy (non-hydrogen) atoms. The first kappa shape index (κ1) is 17.7. The van der Waals surface area contributed by atoms with Gasteiger partial charge in [-0.05, 0) is 53.6 Å². The number of benzene rings is 1. The summed E-state index contributed by atoms with van der Waals surface area (Å²) in [5, 5.41) is 30.1. The van der Waals surface area contributed by atoms with Crippen molar-refractivity contribution in [1.29, 1.82) is 5.26 Å². The molecule has 0 bridgehead atoms. The zero-order valence-corrected chi connectivity index (χ0v) is 14.4. The second-order valence-corrected chi connectivity index (χ2v) is 6.44. The van der Waals surface area contributed by atoms with Gasteiger partial charge in [-0.15, -0.1) is 0 Å². The fraction of sp³-hybridized carbons (Fsp3) is 0.357. The van der Waals surface area contributed by atoms with Crippen LogP contribution in [0.4, 0.5) is 0 Å². The zero-order chi connectivity index (χ0) is 17.0. The molecule has 1 saturated heterocycles. The van der Waals surface area contributed by atoms with Gasteiger partial charge in [0.25, 0.3) is 5.91 Å². The Morgan fingerprint density at radius 2 is 2.22 bits per heavy atom. The highest BCUT2D eigenvalue weighted by Crippen LogP contribution is 2.18. The molecule has 1 unspecified atom stereocenters. The summed E-state index contributed by atoms with van der Waals surface area (Å²) < 4.78 is 0.807. The van der Waals surface area contributed by atoms with Crippen LogP contribution in [0.25, 0.3) is 0 Å². The van der Waals surface area contributed by atoms with E-state index in [4.69, 9.17) is 5.26 Å². The number of hydrogen-bond acceptors (Lipinski definition) is 5. The van der Waals surface area contributed by atoms with Crippen LogP contribution in [-0.4, -0.2) is 52.9 Å².